The van der Waals surface area contributed by atoms with Crippen LogP contribution in [-0.4, -0.2) is 10.2 Å². The molecule has 0 fully saturated rings. The Balaban J connectivity index is 2.77. The van der Waals surface area contributed by atoms with Gasteiger partial charge in [-0.2, -0.15) is 5.10 Å². The second kappa shape index (κ2) is 3.00. The molecule has 0 saturated heterocycles. The quantitative estimate of drug-likeness (QED) is 0.750. The minimum Gasteiger partial charge on any atom is -0.277 e. The van der Waals surface area contributed by atoms with E-state index in [-0.39, 0.29) is 5.02 Å². The van der Waals surface area contributed by atoms with Crippen molar-refractivity contribution in [2.24, 2.45) is 0 Å². The first-order valence-corrected chi connectivity index (χ1v) is 4.42. The van der Waals surface area contributed by atoms with E-state index in [1.807, 2.05) is 6.92 Å². The smallest absolute Gasteiger partial charge is 0.143 e. The number of aromatic nitrogens is 2. The molecule has 0 saturated carbocycles. The van der Waals surface area contributed by atoms with Crippen molar-refractivity contribution in [3.05, 3.63) is 28.7 Å². The first-order valence-electron chi connectivity index (χ1n) is 4.04. The number of H-pyrrole nitrogens is 1. The van der Waals surface area contributed by atoms with Crippen molar-refractivity contribution >= 4 is 22.5 Å². The number of hydrogen-bond acceptors (Lipinski definition) is 1. The van der Waals surface area contributed by atoms with Crippen molar-refractivity contribution in [2.75, 3.05) is 0 Å². The highest BCUT2D eigenvalue weighted by atomic mass is 35.5. The molecular formula is C9H8ClFN2. The molecule has 0 unspecified atom stereocenters. The van der Waals surface area contributed by atoms with Crippen molar-refractivity contribution in [3.63, 3.8) is 0 Å². The van der Waals surface area contributed by atoms with E-state index in [1.165, 1.54) is 6.07 Å². The number of nitrogens with zero attached hydrogens (tertiary/aromatic N) is 1. The first-order chi connectivity index (χ1) is 6.22. The zero-order chi connectivity index (χ0) is 9.42. The van der Waals surface area contributed by atoms with E-state index in [4.69, 9.17) is 11.6 Å². The highest BCUT2D eigenvalue weighted by Crippen LogP contribution is 2.23. The average Bonchev–Trinajstić information content (AvgIpc) is 2.48. The van der Waals surface area contributed by atoms with E-state index in [0.29, 0.717) is 5.52 Å². The zero-order valence-corrected chi connectivity index (χ0v) is 7.82. The van der Waals surface area contributed by atoms with Gasteiger partial charge in [-0.15, -0.1) is 0 Å². The minimum absolute atomic E-state index is 0.142. The van der Waals surface area contributed by atoms with Gasteiger partial charge < -0.3 is 0 Å². The van der Waals surface area contributed by atoms with Crippen LogP contribution in [0.5, 0.6) is 0 Å². The van der Waals surface area contributed by atoms with E-state index in [1.54, 1.807) is 6.07 Å². The Morgan fingerprint density at radius 2 is 2.31 bits per heavy atom. The number of rotatable bonds is 1. The normalized spacial score (nSPS) is 11.0. The zero-order valence-electron chi connectivity index (χ0n) is 7.06. The number of aromatic amines is 1. The Hall–Kier alpha value is -1.09. The number of hydrogen-bond donors (Lipinski definition) is 1. The van der Waals surface area contributed by atoms with Crippen LogP contribution in [0.4, 0.5) is 4.39 Å². The Bertz CT molecular complexity index is 450. The summed E-state index contributed by atoms with van der Waals surface area (Å²) >= 11 is 5.66. The Morgan fingerprint density at radius 1 is 1.54 bits per heavy atom. The topological polar surface area (TPSA) is 28.7 Å². The summed E-state index contributed by atoms with van der Waals surface area (Å²) in [6, 6.07) is 2.97. The molecule has 1 aromatic carbocycles. The van der Waals surface area contributed by atoms with Crippen molar-refractivity contribution in [1.82, 2.24) is 10.2 Å². The van der Waals surface area contributed by atoms with E-state index in [0.717, 1.165) is 17.5 Å². The summed E-state index contributed by atoms with van der Waals surface area (Å²) in [5.74, 6) is -0.416. The summed E-state index contributed by atoms with van der Waals surface area (Å²) in [6.45, 7) is 1.99. The van der Waals surface area contributed by atoms with Gasteiger partial charge in [0.25, 0.3) is 0 Å². The van der Waals surface area contributed by atoms with Gasteiger partial charge >= 0.3 is 0 Å². The van der Waals surface area contributed by atoms with Crippen molar-refractivity contribution in [1.29, 1.82) is 0 Å². The molecule has 0 aliphatic rings. The van der Waals surface area contributed by atoms with Gasteiger partial charge in [0.1, 0.15) is 5.82 Å². The number of nitrogens with one attached hydrogen (secondary N) is 1. The van der Waals surface area contributed by atoms with Gasteiger partial charge in [-0.3, -0.25) is 5.10 Å². The predicted molar refractivity (Wildman–Crippen MR) is 50.4 cm³/mol. The lowest BCUT2D eigenvalue weighted by atomic mass is 10.2. The predicted octanol–water partition coefficient (Wildman–Crippen LogP) is 2.92. The molecule has 2 aromatic rings. The van der Waals surface area contributed by atoms with Crippen LogP contribution >= 0.6 is 11.6 Å². The van der Waals surface area contributed by atoms with Crippen LogP contribution in [0.15, 0.2) is 12.1 Å². The van der Waals surface area contributed by atoms with E-state index < -0.39 is 5.82 Å². The third-order valence-electron chi connectivity index (χ3n) is 2.02. The SMILES string of the molecule is CCc1n[nH]c2cc(F)c(Cl)cc12. The van der Waals surface area contributed by atoms with Crippen LogP contribution in [-0.2, 0) is 6.42 Å². The highest BCUT2D eigenvalue weighted by molar-refractivity contribution is 6.31. The molecule has 0 amide bonds. The van der Waals surface area contributed by atoms with Crippen molar-refractivity contribution in [2.45, 2.75) is 13.3 Å². The van der Waals surface area contributed by atoms with Crippen molar-refractivity contribution < 1.29 is 4.39 Å². The molecule has 2 rings (SSSR count). The lowest BCUT2D eigenvalue weighted by Crippen LogP contribution is -1.80. The van der Waals surface area contributed by atoms with Gasteiger partial charge in [-0.25, -0.2) is 4.39 Å². The Labute approximate surface area is 79.7 Å². The second-order valence-electron chi connectivity index (χ2n) is 2.84. The third-order valence-corrected chi connectivity index (χ3v) is 2.31. The molecule has 1 N–H and O–H groups in total. The second-order valence-corrected chi connectivity index (χ2v) is 3.24. The molecule has 0 radical (unpaired) electrons. The maximum atomic E-state index is 13.0. The van der Waals surface area contributed by atoms with Crippen LogP contribution in [0.25, 0.3) is 10.9 Å². The number of fused-ring (bicyclic) bond motifs is 1. The van der Waals surface area contributed by atoms with Crippen LogP contribution in [0.3, 0.4) is 0 Å². The van der Waals surface area contributed by atoms with E-state index >= 15 is 0 Å². The summed E-state index contributed by atoms with van der Waals surface area (Å²) in [7, 11) is 0. The van der Waals surface area contributed by atoms with Crippen LogP contribution in [0.2, 0.25) is 5.02 Å². The standard InChI is InChI=1S/C9H8ClFN2/c1-2-8-5-3-6(10)7(11)4-9(5)13-12-8/h3-4H,2H2,1H3,(H,12,13). The fourth-order valence-corrected chi connectivity index (χ4v) is 1.50. The van der Waals surface area contributed by atoms with Crippen molar-refractivity contribution in [3.8, 4) is 0 Å². The molecule has 1 aromatic heterocycles. The summed E-state index contributed by atoms with van der Waals surface area (Å²) in [5, 5.41) is 7.84. The molecule has 68 valence electrons. The molecule has 0 bridgehead atoms. The molecule has 2 nitrogen and oxygen atoms in total. The molecule has 0 atom stereocenters. The maximum Gasteiger partial charge on any atom is 0.143 e. The van der Waals surface area contributed by atoms with Gasteiger partial charge in [0.15, 0.2) is 0 Å². The number of halogens is 2. The van der Waals surface area contributed by atoms with Crippen LogP contribution < -0.4 is 0 Å². The number of benzene rings is 1. The minimum atomic E-state index is -0.416. The summed E-state index contributed by atoms with van der Waals surface area (Å²) in [6.07, 6.45) is 0.808. The first kappa shape index (κ1) is 8.51. The largest absolute Gasteiger partial charge is 0.277 e. The lowest BCUT2D eigenvalue weighted by molar-refractivity contribution is 0.630. The Morgan fingerprint density at radius 3 is 3.00 bits per heavy atom. The van der Waals surface area contributed by atoms with Gasteiger partial charge in [-0.1, -0.05) is 18.5 Å². The molecule has 13 heavy (non-hydrogen) atoms. The average molecular weight is 199 g/mol. The summed E-state index contributed by atoms with van der Waals surface area (Å²) in [5.41, 5.74) is 1.61. The maximum absolute atomic E-state index is 13.0. The Kier molecular flexibility index (Phi) is 1.96. The molecule has 1 heterocycles. The highest BCUT2D eigenvalue weighted by Gasteiger charge is 2.07. The summed E-state index contributed by atoms with van der Waals surface area (Å²) < 4.78 is 13.0. The van der Waals surface area contributed by atoms with E-state index in [9.17, 15) is 4.39 Å². The lowest BCUT2D eigenvalue weighted by Gasteiger charge is -1.94. The fourth-order valence-electron chi connectivity index (χ4n) is 1.34. The molecule has 4 heteroatoms. The fraction of sp³-hybridized carbons (Fsp3) is 0.222. The third kappa shape index (κ3) is 1.29. The van der Waals surface area contributed by atoms with E-state index in [2.05, 4.69) is 10.2 Å². The molecule has 0 aliphatic carbocycles. The molecular weight excluding hydrogens is 191 g/mol. The molecule has 0 aliphatic heterocycles. The van der Waals surface area contributed by atoms with Gasteiger partial charge in [-0.05, 0) is 12.5 Å². The van der Waals surface area contributed by atoms with Crippen LogP contribution in [0, 0.1) is 5.82 Å². The number of aryl methyl sites for hydroxylation is 1. The van der Waals surface area contributed by atoms with Gasteiger partial charge in [0.2, 0.25) is 0 Å². The van der Waals surface area contributed by atoms with Crippen LogP contribution in [0.1, 0.15) is 12.6 Å². The molecule has 0 spiro atoms. The monoisotopic (exact) mass is 198 g/mol. The summed E-state index contributed by atoms with van der Waals surface area (Å²) in [4.78, 5) is 0. The van der Waals surface area contributed by atoms with Gasteiger partial charge in [0.05, 0.1) is 16.2 Å². The van der Waals surface area contributed by atoms with Gasteiger partial charge in [0, 0.05) is 11.5 Å².